The molecular weight excluding hydrogens is 299 g/mol. The van der Waals surface area contributed by atoms with Gasteiger partial charge in [-0.05, 0) is 35.9 Å². The highest BCUT2D eigenvalue weighted by molar-refractivity contribution is 9.10. The highest BCUT2D eigenvalue weighted by atomic mass is 79.9. The van der Waals surface area contributed by atoms with Crippen LogP contribution in [0, 0.1) is 17.1 Å². The Morgan fingerprint density at radius 1 is 1.28 bits per heavy atom. The first kappa shape index (κ1) is 12.8. The predicted octanol–water partition coefficient (Wildman–Crippen LogP) is 3.34. The zero-order valence-corrected chi connectivity index (χ0v) is 11.0. The molecule has 0 bridgehead atoms. The molecule has 18 heavy (non-hydrogen) atoms. The van der Waals surface area contributed by atoms with E-state index in [4.69, 9.17) is 9.68 Å². The number of nitrogens with zero attached hydrogens (tertiary/aromatic N) is 1. The van der Waals surface area contributed by atoms with Crippen molar-refractivity contribution < 1.29 is 8.81 Å². The summed E-state index contributed by atoms with van der Waals surface area (Å²) in [5.41, 5.74) is 0.835. The highest BCUT2D eigenvalue weighted by Crippen LogP contribution is 2.17. The molecule has 0 aliphatic carbocycles. The maximum atomic E-state index is 13.0. The van der Waals surface area contributed by atoms with Gasteiger partial charge in [0.15, 0.2) is 0 Å². The number of nitriles is 1. The quantitative estimate of drug-likeness (QED) is 0.942. The first-order valence-electron chi connectivity index (χ1n) is 5.32. The van der Waals surface area contributed by atoms with Crippen LogP contribution in [0.5, 0.6) is 0 Å². The highest BCUT2D eigenvalue weighted by Gasteiger charge is 2.03. The monoisotopic (exact) mass is 308 g/mol. The second kappa shape index (κ2) is 5.80. The maximum absolute atomic E-state index is 13.0. The third kappa shape index (κ3) is 3.19. The van der Waals surface area contributed by atoms with Crippen molar-refractivity contribution in [1.29, 1.82) is 5.26 Å². The van der Waals surface area contributed by atoms with Gasteiger partial charge < -0.3 is 9.73 Å². The van der Waals surface area contributed by atoms with Crippen molar-refractivity contribution in [2.45, 2.75) is 13.1 Å². The average molecular weight is 309 g/mol. The Hall–Kier alpha value is -1.64. The Bertz CT molecular complexity index is 589. The molecule has 0 saturated heterocycles. The zero-order chi connectivity index (χ0) is 13.0. The Morgan fingerprint density at radius 2 is 2.11 bits per heavy atom. The number of halogens is 2. The molecule has 1 heterocycles. The van der Waals surface area contributed by atoms with Gasteiger partial charge >= 0.3 is 0 Å². The molecule has 1 N–H and O–H groups in total. The number of benzene rings is 1. The van der Waals surface area contributed by atoms with Crippen LogP contribution in [0.15, 0.2) is 39.2 Å². The van der Waals surface area contributed by atoms with Crippen LogP contribution in [0.1, 0.15) is 17.1 Å². The lowest BCUT2D eigenvalue weighted by atomic mass is 10.2. The van der Waals surface area contributed by atoms with Crippen LogP contribution in [-0.4, -0.2) is 0 Å². The molecule has 0 fully saturated rings. The van der Waals surface area contributed by atoms with Crippen molar-refractivity contribution >= 4 is 15.9 Å². The summed E-state index contributed by atoms with van der Waals surface area (Å²) in [5, 5.41) is 11.7. The van der Waals surface area contributed by atoms with Gasteiger partial charge in [-0.3, -0.25) is 0 Å². The van der Waals surface area contributed by atoms with Crippen molar-refractivity contribution in [3.63, 3.8) is 0 Å². The normalized spacial score (nSPS) is 10.3. The lowest BCUT2D eigenvalue weighted by Crippen LogP contribution is -2.12. The molecule has 1 aromatic heterocycles. The molecule has 5 heteroatoms. The Kier molecular flexibility index (Phi) is 4.13. The zero-order valence-electron chi connectivity index (χ0n) is 9.41. The molecule has 0 aliphatic heterocycles. The van der Waals surface area contributed by atoms with Gasteiger partial charge in [-0.25, -0.2) is 4.39 Å². The van der Waals surface area contributed by atoms with Crippen LogP contribution in [0.3, 0.4) is 0 Å². The van der Waals surface area contributed by atoms with E-state index in [0.717, 1.165) is 10.0 Å². The largest absolute Gasteiger partial charge is 0.449 e. The van der Waals surface area contributed by atoms with Gasteiger partial charge in [-0.15, -0.1) is 0 Å². The number of nitrogens with one attached hydrogen (secondary N) is 1. The Labute approximate surface area is 112 Å². The van der Waals surface area contributed by atoms with Crippen LogP contribution < -0.4 is 5.32 Å². The first-order valence-corrected chi connectivity index (χ1v) is 6.12. The number of hydrogen-bond acceptors (Lipinski definition) is 3. The predicted molar refractivity (Wildman–Crippen MR) is 68.1 cm³/mol. The van der Waals surface area contributed by atoms with Crippen LogP contribution in [-0.2, 0) is 13.1 Å². The van der Waals surface area contributed by atoms with Crippen LogP contribution in [0.2, 0.25) is 0 Å². The fourth-order valence-electron chi connectivity index (χ4n) is 1.53. The topological polar surface area (TPSA) is 49.0 Å². The molecule has 0 amide bonds. The molecule has 0 unspecified atom stereocenters. The fraction of sp³-hybridized carbons (Fsp3) is 0.154. The van der Waals surface area contributed by atoms with Gasteiger partial charge in [0.1, 0.15) is 17.6 Å². The summed E-state index contributed by atoms with van der Waals surface area (Å²) in [6.45, 7) is 1.01. The van der Waals surface area contributed by atoms with Gasteiger partial charge in [-0.1, -0.05) is 15.9 Å². The minimum atomic E-state index is -0.264. The summed E-state index contributed by atoms with van der Waals surface area (Å²) in [6.07, 6.45) is 0. The molecule has 3 nitrogen and oxygen atoms in total. The lowest BCUT2D eigenvalue weighted by molar-refractivity contribution is 0.473. The van der Waals surface area contributed by atoms with Crippen molar-refractivity contribution in [1.82, 2.24) is 5.32 Å². The summed E-state index contributed by atoms with van der Waals surface area (Å²) in [7, 11) is 0. The van der Waals surface area contributed by atoms with Gasteiger partial charge in [-0.2, -0.15) is 5.26 Å². The summed E-state index contributed by atoms with van der Waals surface area (Å²) >= 11 is 3.36. The van der Waals surface area contributed by atoms with Gasteiger partial charge in [0.2, 0.25) is 5.76 Å². The number of furan rings is 1. The van der Waals surface area contributed by atoms with Crippen molar-refractivity contribution in [3.05, 3.63) is 57.7 Å². The van der Waals surface area contributed by atoms with Crippen LogP contribution >= 0.6 is 15.9 Å². The molecule has 0 saturated carbocycles. The van der Waals surface area contributed by atoms with E-state index in [0.29, 0.717) is 24.6 Å². The van der Waals surface area contributed by atoms with E-state index in [9.17, 15) is 4.39 Å². The van der Waals surface area contributed by atoms with Gasteiger partial charge in [0, 0.05) is 11.0 Å². The molecule has 0 aliphatic rings. The first-order chi connectivity index (χ1) is 8.69. The molecule has 2 aromatic rings. The Morgan fingerprint density at radius 3 is 2.83 bits per heavy atom. The molecule has 0 atom stereocenters. The summed E-state index contributed by atoms with van der Waals surface area (Å²) in [4.78, 5) is 0. The number of rotatable bonds is 4. The van der Waals surface area contributed by atoms with E-state index in [-0.39, 0.29) is 5.82 Å². The van der Waals surface area contributed by atoms with Crippen molar-refractivity contribution in [2.24, 2.45) is 0 Å². The van der Waals surface area contributed by atoms with Crippen molar-refractivity contribution in [3.8, 4) is 6.07 Å². The second-order valence-corrected chi connectivity index (χ2v) is 4.57. The van der Waals surface area contributed by atoms with E-state index >= 15 is 0 Å². The standard InChI is InChI=1S/C13H10BrFN2O/c14-13-4-1-10(15)5-9(13)7-17-8-12-3-2-11(6-16)18-12/h1-5,17H,7-8H2. The second-order valence-electron chi connectivity index (χ2n) is 3.72. The Balaban J connectivity index is 1.92. The van der Waals surface area contributed by atoms with Gasteiger partial charge in [0.25, 0.3) is 0 Å². The van der Waals surface area contributed by atoms with E-state index in [1.54, 1.807) is 18.2 Å². The van der Waals surface area contributed by atoms with Crippen LogP contribution in [0.25, 0.3) is 0 Å². The van der Waals surface area contributed by atoms with Crippen LogP contribution in [0.4, 0.5) is 4.39 Å². The smallest absolute Gasteiger partial charge is 0.203 e. The summed E-state index contributed by atoms with van der Waals surface area (Å²) in [6, 6.07) is 9.83. The van der Waals surface area contributed by atoms with E-state index in [1.807, 2.05) is 6.07 Å². The average Bonchev–Trinajstić information content (AvgIpc) is 2.81. The third-order valence-corrected chi connectivity index (χ3v) is 3.17. The minimum Gasteiger partial charge on any atom is -0.449 e. The molecule has 0 spiro atoms. The van der Waals surface area contributed by atoms with Gasteiger partial charge in [0.05, 0.1) is 6.54 Å². The molecule has 1 aromatic carbocycles. The molecule has 92 valence electrons. The minimum absolute atomic E-state index is 0.264. The fourth-order valence-corrected chi connectivity index (χ4v) is 1.92. The summed E-state index contributed by atoms with van der Waals surface area (Å²) in [5.74, 6) is 0.706. The van der Waals surface area contributed by atoms with E-state index < -0.39 is 0 Å². The lowest BCUT2D eigenvalue weighted by Gasteiger charge is -2.05. The number of hydrogen-bond donors (Lipinski definition) is 1. The molecule has 0 radical (unpaired) electrons. The van der Waals surface area contributed by atoms with Crippen molar-refractivity contribution in [2.75, 3.05) is 0 Å². The van der Waals surface area contributed by atoms with E-state index in [2.05, 4.69) is 21.2 Å². The molecule has 2 rings (SSSR count). The third-order valence-electron chi connectivity index (χ3n) is 2.39. The SMILES string of the molecule is N#Cc1ccc(CNCc2cc(F)ccc2Br)o1. The molecular formula is C13H10BrFN2O. The summed E-state index contributed by atoms with van der Waals surface area (Å²) < 4.78 is 19.1. The van der Waals surface area contributed by atoms with E-state index in [1.165, 1.54) is 12.1 Å². The maximum Gasteiger partial charge on any atom is 0.203 e.